The molecule has 2 aromatic rings. The Morgan fingerprint density at radius 1 is 1.28 bits per heavy atom. The van der Waals surface area contributed by atoms with Crippen LogP contribution in [0.25, 0.3) is 11.0 Å². The summed E-state index contributed by atoms with van der Waals surface area (Å²) in [6.07, 6.45) is 7.39. The Bertz CT molecular complexity index is 753. The number of piperidine rings is 1. The molecule has 25 heavy (non-hydrogen) atoms. The molecule has 0 bridgehead atoms. The van der Waals surface area contributed by atoms with E-state index in [2.05, 4.69) is 26.3 Å². The summed E-state index contributed by atoms with van der Waals surface area (Å²) in [4.78, 5) is 23.8. The third-order valence-corrected chi connectivity index (χ3v) is 5.30. The summed E-state index contributed by atoms with van der Waals surface area (Å²) in [6.45, 7) is 3.14. The van der Waals surface area contributed by atoms with Crippen molar-refractivity contribution in [3.05, 3.63) is 18.6 Å². The van der Waals surface area contributed by atoms with E-state index in [1.54, 1.807) is 6.33 Å². The summed E-state index contributed by atoms with van der Waals surface area (Å²) in [6, 6.07) is 2.31. The molecule has 2 saturated heterocycles. The molecule has 2 aliphatic rings. The molecule has 0 saturated carbocycles. The van der Waals surface area contributed by atoms with Crippen LogP contribution in [0, 0.1) is 5.92 Å². The first kappa shape index (κ1) is 16.3. The summed E-state index contributed by atoms with van der Waals surface area (Å²) < 4.78 is 7.37. The van der Waals surface area contributed by atoms with Gasteiger partial charge in [-0.05, 0) is 31.7 Å². The predicted octanol–water partition coefficient (Wildman–Crippen LogP) is 1.48. The first-order valence-electron chi connectivity index (χ1n) is 9.11. The van der Waals surface area contributed by atoms with Gasteiger partial charge >= 0.3 is 0 Å². The van der Waals surface area contributed by atoms with E-state index in [9.17, 15) is 4.79 Å². The monoisotopic (exact) mass is 343 g/mol. The van der Waals surface area contributed by atoms with Gasteiger partial charge in [-0.2, -0.15) is 0 Å². The van der Waals surface area contributed by atoms with Crippen LogP contribution in [0.2, 0.25) is 0 Å². The van der Waals surface area contributed by atoms with Crippen LogP contribution < -0.4 is 10.2 Å². The molecule has 2 aromatic heterocycles. The Morgan fingerprint density at radius 3 is 2.96 bits per heavy atom. The van der Waals surface area contributed by atoms with Crippen molar-refractivity contribution < 1.29 is 9.53 Å². The van der Waals surface area contributed by atoms with Crippen LogP contribution in [0.15, 0.2) is 18.6 Å². The molecule has 1 atom stereocenters. The fourth-order valence-electron chi connectivity index (χ4n) is 3.86. The van der Waals surface area contributed by atoms with Crippen LogP contribution in [0.1, 0.15) is 25.7 Å². The Balaban J connectivity index is 1.47. The quantitative estimate of drug-likeness (QED) is 0.914. The molecule has 2 fully saturated rings. The minimum atomic E-state index is 0.0188. The van der Waals surface area contributed by atoms with Crippen molar-refractivity contribution in [2.45, 2.75) is 31.7 Å². The average molecular weight is 343 g/mol. The lowest BCUT2D eigenvalue weighted by Crippen LogP contribution is -2.47. The highest BCUT2D eigenvalue weighted by molar-refractivity contribution is 5.88. The average Bonchev–Trinajstić information content (AvgIpc) is 3.04. The molecule has 7 heteroatoms. The second-order valence-electron chi connectivity index (χ2n) is 7.04. The molecular formula is C18H25N5O2. The van der Waals surface area contributed by atoms with E-state index in [1.165, 1.54) is 0 Å². The summed E-state index contributed by atoms with van der Waals surface area (Å²) >= 11 is 0. The standard InChI is InChI=1S/C18H25N5O2/c1-22-8-4-15-16(22)19-12-20-17(15)23-7-2-3-13(11-23)18(24)21-14-5-9-25-10-6-14/h4,8,12-14H,2-3,5-7,9-11H2,1H3,(H,21,24). The van der Waals surface area contributed by atoms with Crippen molar-refractivity contribution in [1.82, 2.24) is 19.9 Å². The van der Waals surface area contributed by atoms with Crippen molar-refractivity contribution in [2.75, 3.05) is 31.2 Å². The fraction of sp³-hybridized carbons (Fsp3) is 0.611. The normalized spacial score (nSPS) is 22.3. The largest absolute Gasteiger partial charge is 0.381 e. The topological polar surface area (TPSA) is 72.3 Å². The lowest BCUT2D eigenvalue weighted by Gasteiger charge is -2.34. The molecule has 1 amide bonds. The molecule has 4 heterocycles. The van der Waals surface area contributed by atoms with E-state index in [0.29, 0.717) is 0 Å². The zero-order valence-electron chi connectivity index (χ0n) is 14.6. The van der Waals surface area contributed by atoms with Gasteiger partial charge in [0.05, 0.1) is 11.3 Å². The number of ether oxygens (including phenoxy) is 1. The van der Waals surface area contributed by atoms with Crippen molar-refractivity contribution >= 4 is 22.8 Å². The van der Waals surface area contributed by atoms with Gasteiger partial charge in [0.1, 0.15) is 17.8 Å². The van der Waals surface area contributed by atoms with E-state index in [4.69, 9.17) is 4.74 Å². The minimum Gasteiger partial charge on any atom is -0.381 e. The lowest BCUT2D eigenvalue weighted by atomic mass is 9.96. The van der Waals surface area contributed by atoms with Gasteiger partial charge in [0.15, 0.2) is 0 Å². The number of nitrogens with one attached hydrogen (secondary N) is 1. The highest BCUT2D eigenvalue weighted by Crippen LogP contribution is 2.28. The number of carbonyl (C=O) groups excluding carboxylic acids is 1. The number of fused-ring (bicyclic) bond motifs is 1. The van der Waals surface area contributed by atoms with Crippen molar-refractivity contribution in [2.24, 2.45) is 13.0 Å². The maximum atomic E-state index is 12.7. The summed E-state index contributed by atoms with van der Waals surface area (Å²) in [5.41, 5.74) is 0.929. The van der Waals surface area contributed by atoms with E-state index in [1.807, 2.05) is 17.8 Å². The lowest BCUT2D eigenvalue weighted by molar-refractivity contribution is -0.126. The minimum absolute atomic E-state index is 0.0188. The first-order chi connectivity index (χ1) is 12.2. The molecule has 1 N–H and O–H groups in total. The number of aryl methyl sites for hydroxylation is 1. The molecule has 0 spiro atoms. The van der Waals surface area contributed by atoms with Gasteiger partial charge in [0, 0.05) is 45.6 Å². The number of rotatable bonds is 3. The van der Waals surface area contributed by atoms with E-state index in [-0.39, 0.29) is 17.9 Å². The highest BCUT2D eigenvalue weighted by Gasteiger charge is 2.29. The molecular weight excluding hydrogens is 318 g/mol. The van der Waals surface area contributed by atoms with Crippen LogP contribution in [0.5, 0.6) is 0 Å². The second kappa shape index (κ2) is 7.00. The second-order valence-corrected chi connectivity index (χ2v) is 7.04. The van der Waals surface area contributed by atoms with Crippen molar-refractivity contribution in [3.8, 4) is 0 Å². The Labute approximate surface area is 147 Å². The van der Waals surface area contributed by atoms with Crippen LogP contribution in [0.3, 0.4) is 0 Å². The molecule has 0 radical (unpaired) electrons. The molecule has 0 aromatic carbocycles. The Morgan fingerprint density at radius 2 is 2.12 bits per heavy atom. The van der Waals surface area contributed by atoms with Crippen LogP contribution in [0.4, 0.5) is 5.82 Å². The van der Waals surface area contributed by atoms with Gasteiger partial charge < -0.3 is 19.5 Å². The number of nitrogens with zero attached hydrogens (tertiary/aromatic N) is 4. The zero-order valence-corrected chi connectivity index (χ0v) is 14.6. The summed E-state index contributed by atoms with van der Waals surface area (Å²) in [7, 11) is 1.99. The molecule has 134 valence electrons. The van der Waals surface area contributed by atoms with E-state index >= 15 is 0 Å². The molecule has 7 nitrogen and oxygen atoms in total. The van der Waals surface area contributed by atoms with Gasteiger partial charge in [-0.25, -0.2) is 9.97 Å². The van der Waals surface area contributed by atoms with Crippen LogP contribution in [-0.4, -0.2) is 52.8 Å². The Kier molecular flexibility index (Phi) is 4.57. The van der Waals surface area contributed by atoms with Gasteiger partial charge in [0.25, 0.3) is 0 Å². The van der Waals surface area contributed by atoms with Gasteiger partial charge in [0.2, 0.25) is 5.91 Å². The number of anilines is 1. The molecule has 4 rings (SSSR count). The van der Waals surface area contributed by atoms with Crippen LogP contribution in [-0.2, 0) is 16.6 Å². The Hall–Kier alpha value is -2.15. The van der Waals surface area contributed by atoms with E-state index in [0.717, 1.165) is 68.8 Å². The maximum absolute atomic E-state index is 12.7. The number of amides is 1. The van der Waals surface area contributed by atoms with Crippen molar-refractivity contribution in [1.29, 1.82) is 0 Å². The third-order valence-electron chi connectivity index (χ3n) is 5.30. The number of hydrogen-bond donors (Lipinski definition) is 1. The smallest absolute Gasteiger partial charge is 0.225 e. The van der Waals surface area contributed by atoms with Crippen LogP contribution >= 0.6 is 0 Å². The zero-order chi connectivity index (χ0) is 17.2. The summed E-state index contributed by atoms with van der Waals surface area (Å²) in [5.74, 6) is 1.13. The van der Waals surface area contributed by atoms with Gasteiger partial charge in [-0.15, -0.1) is 0 Å². The van der Waals surface area contributed by atoms with E-state index < -0.39 is 0 Å². The molecule has 0 aliphatic carbocycles. The fourth-order valence-corrected chi connectivity index (χ4v) is 3.86. The SMILES string of the molecule is Cn1ccc2c(N3CCCC(C(=O)NC4CCOCC4)C3)ncnc21. The number of carbonyl (C=O) groups is 1. The van der Waals surface area contributed by atoms with Gasteiger partial charge in [-0.1, -0.05) is 0 Å². The van der Waals surface area contributed by atoms with Crippen molar-refractivity contribution in [3.63, 3.8) is 0 Å². The number of aromatic nitrogens is 3. The first-order valence-corrected chi connectivity index (χ1v) is 9.11. The predicted molar refractivity (Wildman–Crippen MR) is 95.4 cm³/mol. The van der Waals surface area contributed by atoms with Gasteiger partial charge in [-0.3, -0.25) is 4.79 Å². The number of hydrogen-bond acceptors (Lipinski definition) is 5. The molecule has 2 aliphatic heterocycles. The third kappa shape index (κ3) is 3.33. The maximum Gasteiger partial charge on any atom is 0.225 e. The molecule has 1 unspecified atom stereocenters. The highest BCUT2D eigenvalue weighted by atomic mass is 16.5. The summed E-state index contributed by atoms with van der Waals surface area (Å²) in [5, 5.41) is 4.27.